The SMILES string of the molecule is CCCNCCNC(=O)c1sc2nc(C(F)(F)F)ccc2c1C.Cl. The second-order valence-electron chi connectivity index (χ2n) is 5.11. The van der Waals surface area contributed by atoms with Crippen LogP contribution in [0.2, 0.25) is 0 Å². The van der Waals surface area contributed by atoms with Crippen molar-refractivity contribution in [3.05, 3.63) is 28.3 Å². The van der Waals surface area contributed by atoms with Gasteiger partial charge in [0.15, 0.2) is 0 Å². The van der Waals surface area contributed by atoms with Gasteiger partial charge < -0.3 is 10.6 Å². The molecule has 2 aromatic rings. The van der Waals surface area contributed by atoms with Gasteiger partial charge in [-0.25, -0.2) is 4.98 Å². The topological polar surface area (TPSA) is 54.0 Å². The van der Waals surface area contributed by atoms with Crippen molar-refractivity contribution in [2.75, 3.05) is 19.6 Å². The number of halogens is 4. The van der Waals surface area contributed by atoms with Crippen LogP contribution < -0.4 is 10.6 Å². The zero-order chi connectivity index (χ0) is 17.0. The average Bonchev–Trinajstić information content (AvgIpc) is 2.83. The molecule has 0 saturated heterocycles. The summed E-state index contributed by atoms with van der Waals surface area (Å²) in [6.07, 6.45) is -3.48. The number of alkyl halides is 3. The smallest absolute Gasteiger partial charge is 0.350 e. The lowest BCUT2D eigenvalue weighted by Gasteiger charge is -2.05. The minimum atomic E-state index is -4.49. The predicted molar refractivity (Wildman–Crippen MR) is 92.1 cm³/mol. The Balaban J connectivity index is 0.00000288. The molecule has 0 spiro atoms. The standard InChI is InChI=1S/C15H18F3N3OS.ClH/c1-3-6-19-7-8-20-13(22)12-9(2)10-4-5-11(15(16,17)18)21-14(10)23-12;/h4-5,19H,3,6-8H2,1-2H3,(H,20,22);1H. The van der Waals surface area contributed by atoms with E-state index in [1.165, 1.54) is 6.07 Å². The molecule has 0 unspecified atom stereocenters. The van der Waals surface area contributed by atoms with Crippen molar-refractivity contribution < 1.29 is 18.0 Å². The summed E-state index contributed by atoms with van der Waals surface area (Å²) >= 11 is 0.987. The lowest BCUT2D eigenvalue weighted by atomic mass is 10.2. The summed E-state index contributed by atoms with van der Waals surface area (Å²) in [5, 5.41) is 6.50. The Morgan fingerprint density at radius 3 is 2.58 bits per heavy atom. The van der Waals surface area contributed by atoms with E-state index in [9.17, 15) is 18.0 Å². The number of aromatic nitrogens is 1. The first kappa shape index (κ1) is 20.7. The van der Waals surface area contributed by atoms with Crippen LogP contribution in [0, 0.1) is 6.92 Å². The van der Waals surface area contributed by atoms with Crippen LogP contribution in [0.5, 0.6) is 0 Å². The van der Waals surface area contributed by atoms with E-state index in [4.69, 9.17) is 0 Å². The molecule has 0 radical (unpaired) electrons. The van der Waals surface area contributed by atoms with Gasteiger partial charge in [0, 0.05) is 18.5 Å². The average molecular weight is 382 g/mol. The van der Waals surface area contributed by atoms with Crippen molar-refractivity contribution in [3.8, 4) is 0 Å². The Bertz CT molecular complexity index is 703. The fourth-order valence-electron chi connectivity index (χ4n) is 2.12. The van der Waals surface area contributed by atoms with E-state index >= 15 is 0 Å². The highest BCUT2D eigenvalue weighted by Gasteiger charge is 2.33. The number of hydrogen-bond acceptors (Lipinski definition) is 4. The maximum absolute atomic E-state index is 12.7. The van der Waals surface area contributed by atoms with Crippen molar-refractivity contribution in [1.29, 1.82) is 0 Å². The van der Waals surface area contributed by atoms with Gasteiger partial charge in [-0.2, -0.15) is 13.2 Å². The normalized spacial score (nSPS) is 11.4. The van der Waals surface area contributed by atoms with Gasteiger partial charge in [0.05, 0.1) is 4.88 Å². The third-order valence-electron chi connectivity index (χ3n) is 3.31. The molecule has 0 aliphatic carbocycles. The van der Waals surface area contributed by atoms with Crippen LogP contribution in [0.3, 0.4) is 0 Å². The van der Waals surface area contributed by atoms with Crippen LogP contribution in [0.25, 0.3) is 10.2 Å². The van der Waals surface area contributed by atoms with E-state index < -0.39 is 11.9 Å². The molecule has 2 N–H and O–H groups in total. The van der Waals surface area contributed by atoms with Gasteiger partial charge in [0.25, 0.3) is 5.91 Å². The number of carbonyl (C=O) groups excluding carboxylic acids is 1. The molecule has 1 amide bonds. The van der Waals surface area contributed by atoms with Crippen LogP contribution in [0.15, 0.2) is 12.1 Å². The Hall–Kier alpha value is -1.38. The zero-order valence-corrected chi connectivity index (χ0v) is 14.9. The number of hydrogen-bond donors (Lipinski definition) is 2. The molecule has 2 rings (SSSR count). The quantitative estimate of drug-likeness (QED) is 0.749. The molecule has 2 aromatic heterocycles. The number of rotatable bonds is 6. The number of carbonyl (C=O) groups is 1. The molecule has 0 fully saturated rings. The van der Waals surface area contributed by atoms with Gasteiger partial charge in [0.2, 0.25) is 0 Å². The molecule has 0 atom stereocenters. The van der Waals surface area contributed by atoms with Gasteiger partial charge in [-0.05, 0) is 37.6 Å². The fraction of sp³-hybridized carbons (Fsp3) is 0.467. The Morgan fingerprint density at radius 2 is 1.96 bits per heavy atom. The highest BCUT2D eigenvalue weighted by molar-refractivity contribution is 7.20. The predicted octanol–water partition coefficient (Wildman–Crippen LogP) is 3.77. The largest absolute Gasteiger partial charge is 0.433 e. The molecule has 9 heteroatoms. The number of fused-ring (bicyclic) bond motifs is 1. The maximum atomic E-state index is 12.7. The summed E-state index contributed by atoms with van der Waals surface area (Å²) in [6, 6.07) is 2.31. The molecule has 2 heterocycles. The van der Waals surface area contributed by atoms with E-state index in [-0.39, 0.29) is 23.1 Å². The molecule has 0 aromatic carbocycles. The van der Waals surface area contributed by atoms with Gasteiger partial charge in [0.1, 0.15) is 10.5 Å². The summed E-state index contributed by atoms with van der Waals surface area (Å²) in [7, 11) is 0. The minimum Gasteiger partial charge on any atom is -0.350 e. The summed E-state index contributed by atoms with van der Waals surface area (Å²) in [5.74, 6) is -0.280. The van der Waals surface area contributed by atoms with Crippen molar-refractivity contribution >= 4 is 39.9 Å². The van der Waals surface area contributed by atoms with Crippen LogP contribution in [0.1, 0.15) is 34.3 Å². The number of nitrogens with zero attached hydrogens (tertiary/aromatic N) is 1. The molecule has 4 nitrogen and oxygen atoms in total. The van der Waals surface area contributed by atoms with Crippen molar-refractivity contribution in [2.45, 2.75) is 26.4 Å². The lowest BCUT2D eigenvalue weighted by molar-refractivity contribution is -0.140. The minimum absolute atomic E-state index is 0. The Kier molecular flexibility index (Phi) is 7.44. The van der Waals surface area contributed by atoms with Gasteiger partial charge in [-0.1, -0.05) is 6.92 Å². The molecule has 24 heavy (non-hydrogen) atoms. The number of pyridine rings is 1. The number of aryl methyl sites for hydroxylation is 1. The number of thiophene rings is 1. The molecule has 0 bridgehead atoms. The van der Waals surface area contributed by atoms with Gasteiger partial charge in [-0.15, -0.1) is 23.7 Å². The van der Waals surface area contributed by atoms with Crippen molar-refractivity contribution in [2.24, 2.45) is 0 Å². The van der Waals surface area contributed by atoms with Crippen LogP contribution >= 0.6 is 23.7 Å². The number of nitrogens with one attached hydrogen (secondary N) is 2. The van der Waals surface area contributed by atoms with E-state index in [1.807, 2.05) is 6.92 Å². The Labute approximate surface area is 148 Å². The highest BCUT2D eigenvalue weighted by atomic mass is 35.5. The molecule has 0 saturated carbocycles. The molecular weight excluding hydrogens is 363 g/mol. The van der Waals surface area contributed by atoms with Gasteiger partial charge >= 0.3 is 6.18 Å². The first-order valence-electron chi connectivity index (χ1n) is 7.30. The van der Waals surface area contributed by atoms with Crippen LogP contribution in [-0.4, -0.2) is 30.5 Å². The summed E-state index contributed by atoms with van der Waals surface area (Å²) < 4.78 is 38.1. The molecule has 0 aliphatic heterocycles. The summed E-state index contributed by atoms with van der Waals surface area (Å²) in [4.78, 5) is 16.4. The third-order valence-corrected chi connectivity index (χ3v) is 4.51. The number of amides is 1. The highest BCUT2D eigenvalue weighted by Crippen LogP contribution is 2.34. The molecular formula is C15H19ClF3N3OS. The first-order chi connectivity index (χ1) is 10.8. The summed E-state index contributed by atoms with van der Waals surface area (Å²) in [6.45, 7) is 5.77. The molecule has 0 aliphatic rings. The van der Waals surface area contributed by atoms with Crippen molar-refractivity contribution in [3.63, 3.8) is 0 Å². The lowest BCUT2D eigenvalue weighted by Crippen LogP contribution is -2.31. The van der Waals surface area contributed by atoms with Gasteiger partial charge in [-0.3, -0.25) is 4.79 Å². The monoisotopic (exact) mass is 381 g/mol. The Morgan fingerprint density at radius 1 is 1.25 bits per heavy atom. The van der Waals surface area contributed by atoms with E-state index in [1.54, 1.807) is 6.92 Å². The first-order valence-corrected chi connectivity index (χ1v) is 8.12. The van der Waals surface area contributed by atoms with Crippen molar-refractivity contribution in [1.82, 2.24) is 15.6 Å². The molecule has 134 valence electrons. The van der Waals surface area contributed by atoms with Crippen LogP contribution in [-0.2, 0) is 6.18 Å². The summed E-state index contributed by atoms with van der Waals surface area (Å²) in [5.41, 5.74) is -0.285. The second kappa shape index (κ2) is 8.64. The van der Waals surface area contributed by atoms with E-state index in [2.05, 4.69) is 15.6 Å². The maximum Gasteiger partial charge on any atom is 0.433 e. The van der Waals surface area contributed by atoms with E-state index in [0.717, 1.165) is 30.4 Å². The zero-order valence-electron chi connectivity index (χ0n) is 13.3. The van der Waals surface area contributed by atoms with E-state index in [0.29, 0.717) is 28.9 Å². The third kappa shape index (κ3) is 4.81. The fourth-order valence-corrected chi connectivity index (χ4v) is 3.22. The second-order valence-corrected chi connectivity index (χ2v) is 6.11. The van der Waals surface area contributed by atoms with Crippen LogP contribution in [0.4, 0.5) is 13.2 Å².